The van der Waals surface area contributed by atoms with Crippen molar-refractivity contribution >= 4 is 5.97 Å². The van der Waals surface area contributed by atoms with E-state index in [4.69, 9.17) is 9.47 Å². The lowest BCUT2D eigenvalue weighted by atomic mass is 10.2. The van der Waals surface area contributed by atoms with Gasteiger partial charge in [0.2, 0.25) is 0 Å². The maximum absolute atomic E-state index is 11.1. The van der Waals surface area contributed by atoms with Crippen molar-refractivity contribution in [2.45, 2.75) is 20.0 Å². The molecule has 1 rings (SSSR count). The summed E-state index contributed by atoms with van der Waals surface area (Å²) >= 11 is 0. The van der Waals surface area contributed by atoms with E-state index >= 15 is 0 Å². The van der Waals surface area contributed by atoms with E-state index in [1.54, 1.807) is 6.92 Å². The molecule has 0 radical (unpaired) electrons. The lowest BCUT2D eigenvalue weighted by Crippen LogP contribution is -2.24. The first kappa shape index (κ1) is 8.27. The summed E-state index contributed by atoms with van der Waals surface area (Å²) in [6, 6.07) is 0. The number of carbonyl (C=O) groups excluding carboxylic acids is 1. The summed E-state index contributed by atoms with van der Waals surface area (Å²) in [6.45, 7) is 4.59. The molecule has 0 fully saturated rings. The minimum atomic E-state index is -0.449. The van der Waals surface area contributed by atoms with Crippen LogP contribution < -0.4 is 0 Å². The third-order valence-electron chi connectivity index (χ3n) is 1.58. The van der Waals surface area contributed by atoms with Crippen molar-refractivity contribution in [3.63, 3.8) is 0 Å². The lowest BCUT2D eigenvalue weighted by molar-refractivity contribution is -0.152. The predicted octanol–water partition coefficient (Wildman–Crippen LogP) is 0.895. The molecule has 0 aromatic heterocycles. The minimum Gasteiger partial charge on any atom is -0.464 e. The van der Waals surface area contributed by atoms with Gasteiger partial charge < -0.3 is 9.47 Å². The van der Waals surface area contributed by atoms with E-state index in [9.17, 15) is 4.79 Å². The average Bonchev–Trinajstić information content (AvgIpc) is 2.36. The first-order valence-electron chi connectivity index (χ1n) is 3.70. The number of hydrogen-bond acceptors (Lipinski definition) is 3. The minimum absolute atomic E-state index is 0.279. The third-order valence-corrected chi connectivity index (χ3v) is 1.58. The number of rotatable bonds is 2. The van der Waals surface area contributed by atoms with Crippen molar-refractivity contribution < 1.29 is 14.3 Å². The fourth-order valence-electron chi connectivity index (χ4n) is 0.986. The molecule has 62 valence electrons. The van der Waals surface area contributed by atoms with Gasteiger partial charge in [-0.25, -0.2) is 4.79 Å². The summed E-state index contributed by atoms with van der Waals surface area (Å²) in [5.74, 6) is -0.279. The molecule has 0 spiro atoms. The van der Waals surface area contributed by atoms with Gasteiger partial charge in [-0.05, 0) is 19.4 Å². The molecular formula is C8H12O3. The fraction of sp³-hybridized carbons (Fsp3) is 0.625. The normalized spacial score (nSPS) is 23.1. The van der Waals surface area contributed by atoms with Gasteiger partial charge in [0, 0.05) is 0 Å². The van der Waals surface area contributed by atoms with Crippen LogP contribution in [0, 0.1) is 0 Å². The van der Waals surface area contributed by atoms with Crippen LogP contribution in [0.5, 0.6) is 0 Å². The fourth-order valence-corrected chi connectivity index (χ4v) is 0.986. The molecule has 1 aliphatic rings. The van der Waals surface area contributed by atoms with Crippen LogP contribution in [-0.4, -0.2) is 25.3 Å². The van der Waals surface area contributed by atoms with Gasteiger partial charge in [-0.15, -0.1) is 0 Å². The zero-order valence-corrected chi connectivity index (χ0v) is 6.79. The zero-order valence-electron chi connectivity index (χ0n) is 6.79. The highest BCUT2D eigenvalue weighted by atomic mass is 16.6. The number of esters is 1. The average molecular weight is 156 g/mol. The zero-order chi connectivity index (χ0) is 8.27. The molecule has 0 saturated carbocycles. The first-order chi connectivity index (χ1) is 5.25. The molecule has 0 amide bonds. The van der Waals surface area contributed by atoms with E-state index in [-0.39, 0.29) is 5.97 Å². The largest absolute Gasteiger partial charge is 0.464 e. The van der Waals surface area contributed by atoms with Crippen molar-refractivity contribution in [1.29, 1.82) is 0 Å². The van der Waals surface area contributed by atoms with Crippen LogP contribution >= 0.6 is 0 Å². The highest BCUT2D eigenvalue weighted by molar-refractivity contribution is 5.78. The van der Waals surface area contributed by atoms with E-state index in [1.807, 2.05) is 13.0 Å². The van der Waals surface area contributed by atoms with Gasteiger partial charge in [0.15, 0.2) is 6.10 Å². The van der Waals surface area contributed by atoms with Gasteiger partial charge in [-0.2, -0.15) is 0 Å². The van der Waals surface area contributed by atoms with Crippen LogP contribution in [0.2, 0.25) is 0 Å². The summed E-state index contributed by atoms with van der Waals surface area (Å²) in [5, 5.41) is 0. The van der Waals surface area contributed by atoms with Crippen molar-refractivity contribution in [3.8, 4) is 0 Å². The van der Waals surface area contributed by atoms with Crippen LogP contribution in [-0.2, 0) is 14.3 Å². The Morgan fingerprint density at radius 3 is 3.09 bits per heavy atom. The smallest absolute Gasteiger partial charge is 0.339 e. The van der Waals surface area contributed by atoms with Gasteiger partial charge in [-0.3, -0.25) is 0 Å². The van der Waals surface area contributed by atoms with E-state index in [1.165, 1.54) is 0 Å². The van der Waals surface area contributed by atoms with Gasteiger partial charge >= 0.3 is 5.97 Å². The Morgan fingerprint density at radius 1 is 1.91 bits per heavy atom. The van der Waals surface area contributed by atoms with Crippen LogP contribution in [0.1, 0.15) is 13.8 Å². The van der Waals surface area contributed by atoms with Crippen LogP contribution in [0.4, 0.5) is 0 Å². The van der Waals surface area contributed by atoms with E-state index in [2.05, 4.69) is 0 Å². The Balaban J connectivity index is 2.48. The predicted molar refractivity (Wildman–Crippen MR) is 40.1 cm³/mol. The Kier molecular flexibility index (Phi) is 2.65. The van der Waals surface area contributed by atoms with Gasteiger partial charge in [-0.1, -0.05) is 6.08 Å². The second kappa shape index (κ2) is 3.53. The first-order valence-corrected chi connectivity index (χ1v) is 3.70. The molecular weight excluding hydrogens is 144 g/mol. The number of ether oxygens (including phenoxy) is 2. The maximum atomic E-state index is 11.1. The molecule has 11 heavy (non-hydrogen) atoms. The van der Waals surface area contributed by atoms with E-state index < -0.39 is 6.10 Å². The quantitative estimate of drug-likeness (QED) is 0.440. The van der Waals surface area contributed by atoms with Gasteiger partial charge in [0.1, 0.15) is 0 Å². The molecule has 0 aromatic rings. The molecule has 0 saturated heterocycles. The van der Waals surface area contributed by atoms with Crippen molar-refractivity contribution in [3.05, 3.63) is 11.6 Å². The molecule has 0 unspecified atom stereocenters. The second-order valence-corrected chi connectivity index (χ2v) is 2.41. The molecule has 3 nitrogen and oxygen atoms in total. The Hall–Kier alpha value is -0.830. The van der Waals surface area contributed by atoms with Crippen molar-refractivity contribution in [2.75, 3.05) is 13.2 Å². The summed E-state index contributed by atoms with van der Waals surface area (Å²) in [7, 11) is 0. The summed E-state index contributed by atoms with van der Waals surface area (Å²) in [6.07, 6.45) is 1.44. The molecule has 0 aliphatic carbocycles. The number of carbonyl (C=O) groups is 1. The second-order valence-electron chi connectivity index (χ2n) is 2.41. The Labute approximate surface area is 66.0 Å². The topological polar surface area (TPSA) is 35.5 Å². The van der Waals surface area contributed by atoms with Gasteiger partial charge in [0.25, 0.3) is 0 Å². The number of hydrogen-bond donors (Lipinski definition) is 0. The summed E-state index contributed by atoms with van der Waals surface area (Å²) in [5.41, 5.74) is 0.948. The van der Waals surface area contributed by atoms with Crippen molar-refractivity contribution in [1.82, 2.24) is 0 Å². The molecule has 3 heteroatoms. The third kappa shape index (κ3) is 1.80. The molecule has 0 N–H and O–H groups in total. The standard InChI is InChI=1S/C8H12O3/c1-3-10-8(9)7-6(2)4-5-11-7/h4,7H,3,5H2,1-2H3/t7-/m0/s1. The Bertz CT molecular complexity index is 184. The Morgan fingerprint density at radius 2 is 2.64 bits per heavy atom. The van der Waals surface area contributed by atoms with Crippen LogP contribution in [0.3, 0.4) is 0 Å². The lowest BCUT2D eigenvalue weighted by Gasteiger charge is -2.09. The molecule has 1 heterocycles. The van der Waals surface area contributed by atoms with Gasteiger partial charge in [0.05, 0.1) is 13.2 Å². The molecule has 1 atom stereocenters. The van der Waals surface area contributed by atoms with E-state index in [0.717, 1.165) is 5.57 Å². The van der Waals surface area contributed by atoms with Crippen LogP contribution in [0.25, 0.3) is 0 Å². The molecule has 0 aromatic carbocycles. The summed E-state index contributed by atoms with van der Waals surface area (Å²) in [4.78, 5) is 11.1. The molecule has 1 aliphatic heterocycles. The van der Waals surface area contributed by atoms with Crippen molar-refractivity contribution in [2.24, 2.45) is 0 Å². The van der Waals surface area contributed by atoms with E-state index in [0.29, 0.717) is 13.2 Å². The highest BCUT2D eigenvalue weighted by Gasteiger charge is 2.25. The molecule has 0 bridgehead atoms. The SMILES string of the molecule is CCOC(=O)[C@H]1OCC=C1C. The monoisotopic (exact) mass is 156 g/mol. The maximum Gasteiger partial charge on any atom is 0.339 e. The van der Waals surface area contributed by atoms with Crippen LogP contribution in [0.15, 0.2) is 11.6 Å². The summed E-state index contributed by atoms with van der Waals surface area (Å²) < 4.78 is 9.90. The highest BCUT2D eigenvalue weighted by Crippen LogP contribution is 2.14.